The van der Waals surface area contributed by atoms with Gasteiger partial charge in [-0.3, -0.25) is 20.0 Å². The standard InChI is InChI=1S/C21H21F3N4O6S/c1-14-4-6-15(7-5-14)18-13-19(21(22,23)24)25-27(18)16-8-10-17(11-9-16)35(32,33)26-20(29)3-2-12-34-28(30)31/h4-11,13,30-31H,2-3,12H2,1H3,(H,26,29). The van der Waals surface area contributed by atoms with E-state index in [9.17, 15) is 26.4 Å². The molecule has 188 valence electrons. The number of aromatic nitrogens is 2. The van der Waals surface area contributed by atoms with E-state index in [4.69, 9.17) is 10.4 Å². The Kier molecular flexibility index (Phi) is 7.92. The Morgan fingerprint density at radius 2 is 1.74 bits per heavy atom. The third kappa shape index (κ3) is 6.86. The highest BCUT2D eigenvalue weighted by Gasteiger charge is 2.35. The Hall–Kier alpha value is -3.30. The second kappa shape index (κ2) is 10.5. The first-order chi connectivity index (χ1) is 16.4. The molecule has 1 amide bonds. The minimum atomic E-state index is -4.68. The number of amides is 1. The monoisotopic (exact) mass is 514 g/mol. The average Bonchev–Trinajstić information content (AvgIpc) is 3.23. The summed E-state index contributed by atoms with van der Waals surface area (Å²) in [5.41, 5.74) is 0.635. The van der Waals surface area contributed by atoms with Crippen LogP contribution < -0.4 is 4.72 Å². The van der Waals surface area contributed by atoms with Crippen molar-refractivity contribution in [1.82, 2.24) is 19.9 Å². The average molecular weight is 514 g/mol. The van der Waals surface area contributed by atoms with Crippen LogP contribution in [0.15, 0.2) is 59.5 Å². The summed E-state index contributed by atoms with van der Waals surface area (Å²) < 4.78 is 67.9. The molecule has 1 aromatic heterocycles. The number of alkyl halides is 3. The summed E-state index contributed by atoms with van der Waals surface area (Å²) in [6.45, 7) is 1.59. The number of nitrogens with one attached hydrogen (secondary N) is 1. The van der Waals surface area contributed by atoms with Crippen molar-refractivity contribution in [2.75, 3.05) is 6.61 Å². The fourth-order valence-electron chi connectivity index (χ4n) is 3.05. The van der Waals surface area contributed by atoms with Crippen molar-refractivity contribution < 1.29 is 41.6 Å². The van der Waals surface area contributed by atoms with Crippen molar-refractivity contribution in [3.05, 3.63) is 65.9 Å². The number of aryl methyl sites for hydroxylation is 1. The number of rotatable bonds is 9. The summed E-state index contributed by atoms with van der Waals surface area (Å²) in [7, 11) is -4.26. The maximum atomic E-state index is 13.3. The van der Waals surface area contributed by atoms with Crippen LogP contribution in [0.1, 0.15) is 24.1 Å². The largest absolute Gasteiger partial charge is 0.435 e. The summed E-state index contributed by atoms with van der Waals surface area (Å²) in [5.74, 6) is -0.858. The predicted molar refractivity (Wildman–Crippen MR) is 115 cm³/mol. The van der Waals surface area contributed by atoms with Gasteiger partial charge >= 0.3 is 6.18 Å². The first-order valence-electron chi connectivity index (χ1n) is 10.1. The molecule has 0 saturated heterocycles. The lowest BCUT2D eigenvalue weighted by Gasteiger charge is -2.10. The van der Waals surface area contributed by atoms with Gasteiger partial charge in [0.25, 0.3) is 10.0 Å². The zero-order valence-corrected chi connectivity index (χ0v) is 19.0. The highest BCUT2D eigenvalue weighted by atomic mass is 32.2. The predicted octanol–water partition coefficient (Wildman–Crippen LogP) is 3.46. The van der Waals surface area contributed by atoms with E-state index in [-0.39, 0.29) is 35.7 Å². The normalized spacial score (nSPS) is 12.2. The zero-order chi connectivity index (χ0) is 25.8. The van der Waals surface area contributed by atoms with Gasteiger partial charge in [0.2, 0.25) is 5.91 Å². The van der Waals surface area contributed by atoms with Crippen LogP contribution in [0.25, 0.3) is 16.9 Å². The van der Waals surface area contributed by atoms with Crippen LogP contribution in [0.2, 0.25) is 0 Å². The van der Waals surface area contributed by atoms with E-state index in [0.29, 0.717) is 5.56 Å². The minimum absolute atomic E-state index is 0.000532. The van der Waals surface area contributed by atoms with Gasteiger partial charge in [0.1, 0.15) is 0 Å². The number of carbonyl (C=O) groups is 1. The number of hydrogen-bond acceptors (Lipinski definition) is 8. The molecular formula is C21H21F3N4O6S. The molecule has 3 rings (SSSR count). The number of benzene rings is 2. The lowest BCUT2D eigenvalue weighted by atomic mass is 10.1. The van der Waals surface area contributed by atoms with Crippen LogP contribution in [-0.2, 0) is 25.8 Å². The van der Waals surface area contributed by atoms with Crippen molar-refractivity contribution in [2.45, 2.75) is 30.8 Å². The first-order valence-corrected chi connectivity index (χ1v) is 11.6. The molecule has 3 aromatic rings. The first kappa shape index (κ1) is 26.3. The van der Waals surface area contributed by atoms with Gasteiger partial charge in [0, 0.05) is 12.0 Å². The highest BCUT2D eigenvalue weighted by molar-refractivity contribution is 7.90. The quantitative estimate of drug-likeness (QED) is 0.292. The Balaban J connectivity index is 1.83. The van der Waals surface area contributed by atoms with Gasteiger partial charge in [-0.05, 0) is 43.7 Å². The molecule has 2 aromatic carbocycles. The van der Waals surface area contributed by atoms with Gasteiger partial charge in [0.05, 0.1) is 28.3 Å². The molecule has 0 radical (unpaired) electrons. The Labute approximate surface area is 198 Å². The van der Waals surface area contributed by atoms with Crippen molar-refractivity contribution in [3.8, 4) is 16.9 Å². The van der Waals surface area contributed by atoms with Gasteiger partial charge in [-0.15, -0.1) is 0 Å². The summed E-state index contributed by atoms with van der Waals surface area (Å²) in [6, 6.07) is 12.5. The summed E-state index contributed by atoms with van der Waals surface area (Å²) in [4.78, 5) is 15.9. The third-order valence-electron chi connectivity index (χ3n) is 4.74. The molecule has 3 N–H and O–H groups in total. The van der Waals surface area contributed by atoms with Crippen LogP contribution in [0.3, 0.4) is 0 Å². The lowest BCUT2D eigenvalue weighted by molar-refractivity contribution is -0.492. The van der Waals surface area contributed by atoms with Crippen LogP contribution in [-0.4, -0.2) is 46.5 Å². The molecule has 0 atom stereocenters. The van der Waals surface area contributed by atoms with Crippen LogP contribution in [0.4, 0.5) is 13.2 Å². The molecule has 0 unspecified atom stereocenters. The number of carbonyl (C=O) groups excluding carboxylic acids is 1. The zero-order valence-electron chi connectivity index (χ0n) is 18.2. The molecular weight excluding hydrogens is 493 g/mol. The van der Waals surface area contributed by atoms with Gasteiger partial charge in [-0.2, -0.15) is 18.3 Å². The molecule has 0 bridgehead atoms. The second-order valence-electron chi connectivity index (χ2n) is 7.40. The summed E-state index contributed by atoms with van der Waals surface area (Å²) in [6.07, 6.45) is -4.96. The maximum absolute atomic E-state index is 13.3. The third-order valence-corrected chi connectivity index (χ3v) is 6.13. The van der Waals surface area contributed by atoms with Crippen LogP contribution in [0.5, 0.6) is 0 Å². The van der Waals surface area contributed by atoms with Gasteiger partial charge in [0.15, 0.2) is 5.69 Å². The van der Waals surface area contributed by atoms with E-state index >= 15 is 0 Å². The number of sulfonamides is 1. The summed E-state index contributed by atoms with van der Waals surface area (Å²) in [5, 5.41) is 19.9. The smallest absolute Gasteiger partial charge is 0.274 e. The van der Waals surface area contributed by atoms with E-state index in [1.807, 2.05) is 11.6 Å². The van der Waals surface area contributed by atoms with E-state index in [1.165, 1.54) is 12.1 Å². The van der Waals surface area contributed by atoms with Crippen molar-refractivity contribution in [1.29, 1.82) is 0 Å². The molecule has 0 aliphatic carbocycles. The van der Waals surface area contributed by atoms with Gasteiger partial charge in [-0.25, -0.2) is 17.8 Å². The molecule has 0 saturated carbocycles. The molecule has 0 spiro atoms. The SMILES string of the molecule is Cc1ccc(-c2cc(C(F)(F)F)nn2-c2ccc(S(=O)(=O)NC(=O)CCCON(O)O)cc2)cc1. The minimum Gasteiger partial charge on any atom is -0.274 e. The van der Waals surface area contributed by atoms with E-state index < -0.39 is 33.2 Å². The van der Waals surface area contributed by atoms with Crippen molar-refractivity contribution in [3.63, 3.8) is 0 Å². The van der Waals surface area contributed by atoms with E-state index in [0.717, 1.165) is 28.4 Å². The lowest BCUT2D eigenvalue weighted by Crippen LogP contribution is -2.30. The molecule has 0 aliphatic rings. The Morgan fingerprint density at radius 1 is 1.11 bits per heavy atom. The Bertz CT molecular complexity index is 1270. The number of hydrogen-bond donors (Lipinski definition) is 3. The van der Waals surface area contributed by atoms with E-state index in [2.05, 4.69) is 9.94 Å². The van der Waals surface area contributed by atoms with Gasteiger partial charge < -0.3 is 0 Å². The fraction of sp³-hybridized carbons (Fsp3) is 0.238. The maximum Gasteiger partial charge on any atom is 0.435 e. The molecule has 0 fully saturated rings. The molecule has 0 aliphatic heterocycles. The molecule has 35 heavy (non-hydrogen) atoms. The van der Waals surface area contributed by atoms with Crippen LogP contribution in [0, 0.1) is 6.92 Å². The number of nitrogens with zero attached hydrogens (tertiary/aromatic N) is 3. The molecule has 10 nitrogen and oxygen atoms in total. The van der Waals surface area contributed by atoms with Crippen LogP contribution >= 0.6 is 0 Å². The van der Waals surface area contributed by atoms with Crippen molar-refractivity contribution in [2.24, 2.45) is 0 Å². The molecule has 1 heterocycles. The highest BCUT2D eigenvalue weighted by Crippen LogP contribution is 2.33. The second-order valence-corrected chi connectivity index (χ2v) is 9.08. The van der Waals surface area contributed by atoms with Crippen molar-refractivity contribution >= 4 is 15.9 Å². The summed E-state index contributed by atoms with van der Waals surface area (Å²) >= 11 is 0. The van der Waals surface area contributed by atoms with E-state index in [1.54, 1.807) is 24.3 Å². The Morgan fingerprint density at radius 3 is 2.31 bits per heavy atom. The molecule has 14 heteroatoms. The van der Waals surface area contributed by atoms with Gasteiger partial charge in [-0.1, -0.05) is 29.8 Å². The number of halogens is 3. The fourth-order valence-corrected chi connectivity index (χ4v) is 4.07. The topological polar surface area (TPSA) is 134 Å².